The Balaban J connectivity index is 2.65. The summed E-state index contributed by atoms with van der Waals surface area (Å²) in [7, 11) is 0. The van der Waals surface area contributed by atoms with E-state index in [1.165, 1.54) is 6.07 Å². The quantitative estimate of drug-likeness (QED) is 0.759. The third-order valence-electron chi connectivity index (χ3n) is 2.22. The minimum atomic E-state index is -0.884. The van der Waals surface area contributed by atoms with Gasteiger partial charge in [0.15, 0.2) is 11.6 Å². The van der Waals surface area contributed by atoms with Crippen LogP contribution in [-0.2, 0) is 6.54 Å². The number of rotatable bonds is 6. The molecule has 1 aromatic carbocycles. The Kier molecular flexibility index (Phi) is 5.31. The third kappa shape index (κ3) is 3.84. The minimum Gasteiger partial charge on any atom is -0.395 e. The zero-order valence-corrected chi connectivity index (χ0v) is 8.87. The summed E-state index contributed by atoms with van der Waals surface area (Å²) in [5.41, 5.74) is 0.612. The van der Waals surface area contributed by atoms with Gasteiger partial charge in [-0.1, -0.05) is 6.07 Å². The average molecular weight is 231 g/mol. The lowest BCUT2D eigenvalue weighted by atomic mass is 10.2. The molecule has 0 heterocycles. The fourth-order valence-electron chi connectivity index (χ4n) is 1.45. The summed E-state index contributed by atoms with van der Waals surface area (Å²) >= 11 is 0. The van der Waals surface area contributed by atoms with E-state index in [0.29, 0.717) is 25.2 Å². The molecule has 16 heavy (non-hydrogen) atoms. The fourth-order valence-corrected chi connectivity index (χ4v) is 1.45. The zero-order chi connectivity index (χ0) is 12.0. The van der Waals surface area contributed by atoms with Crippen LogP contribution in [0.25, 0.3) is 0 Å². The predicted octanol–water partition coefficient (Wildman–Crippen LogP) is 0.751. The Morgan fingerprint density at radius 2 is 1.62 bits per heavy atom. The second-order valence-corrected chi connectivity index (χ2v) is 3.47. The van der Waals surface area contributed by atoms with E-state index in [4.69, 9.17) is 10.2 Å². The summed E-state index contributed by atoms with van der Waals surface area (Å²) in [5.74, 6) is -1.76. The highest BCUT2D eigenvalue weighted by molar-refractivity contribution is 5.17. The van der Waals surface area contributed by atoms with Gasteiger partial charge in [0.1, 0.15) is 0 Å². The fraction of sp³-hybridized carbons (Fsp3) is 0.455. The first-order valence-electron chi connectivity index (χ1n) is 5.05. The van der Waals surface area contributed by atoms with Crippen LogP contribution >= 0.6 is 0 Å². The van der Waals surface area contributed by atoms with Crippen molar-refractivity contribution < 1.29 is 19.0 Å². The van der Waals surface area contributed by atoms with Crippen molar-refractivity contribution in [1.82, 2.24) is 4.90 Å². The van der Waals surface area contributed by atoms with Gasteiger partial charge < -0.3 is 10.2 Å². The summed E-state index contributed by atoms with van der Waals surface area (Å²) in [6.07, 6.45) is 0. The molecule has 0 radical (unpaired) electrons. The van der Waals surface area contributed by atoms with E-state index in [9.17, 15) is 8.78 Å². The maximum absolute atomic E-state index is 12.9. The molecule has 0 amide bonds. The van der Waals surface area contributed by atoms with Gasteiger partial charge in [-0.3, -0.25) is 4.90 Å². The van der Waals surface area contributed by atoms with Crippen LogP contribution in [-0.4, -0.2) is 41.4 Å². The lowest BCUT2D eigenvalue weighted by Gasteiger charge is -2.20. The highest BCUT2D eigenvalue weighted by Crippen LogP contribution is 2.10. The molecule has 0 spiro atoms. The van der Waals surface area contributed by atoms with Crippen LogP contribution < -0.4 is 0 Å². The summed E-state index contributed by atoms with van der Waals surface area (Å²) in [4.78, 5) is 1.76. The molecule has 1 aromatic rings. The molecular weight excluding hydrogens is 216 g/mol. The standard InChI is InChI=1S/C11H15F2NO2/c12-10-2-1-9(7-11(10)13)8-14(3-5-15)4-6-16/h1-2,7,15-16H,3-6,8H2. The van der Waals surface area contributed by atoms with Crippen molar-refractivity contribution in [3.8, 4) is 0 Å². The Labute approximate surface area is 92.9 Å². The molecule has 0 saturated carbocycles. The monoisotopic (exact) mass is 231 g/mol. The van der Waals surface area contributed by atoms with Gasteiger partial charge in [-0.25, -0.2) is 8.78 Å². The summed E-state index contributed by atoms with van der Waals surface area (Å²) < 4.78 is 25.6. The molecule has 90 valence electrons. The molecule has 0 aliphatic carbocycles. The Morgan fingerprint density at radius 3 is 2.12 bits per heavy atom. The predicted molar refractivity (Wildman–Crippen MR) is 55.8 cm³/mol. The molecule has 0 aliphatic heterocycles. The van der Waals surface area contributed by atoms with Crippen molar-refractivity contribution in [2.45, 2.75) is 6.54 Å². The van der Waals surface area contributed by atoms with Crippen LogP contribution in [0.5, 0.6) is 0 Å². The van der Waals surface area contributed by atoms with Gasteiger partial charge >= 0.3 is 0 Å². The Hall–Kier alpha value is -1.04. The van der Waals surface area contributed by atoms with Crippen molar-refractivity contribution in [3.05, 3.63) is 35.4 Å². The van der Waals surface area contributed by atoms with Gasteiger partial charge in [0, 0.05) is 19.6 Å². The Bertz CT molecular complexity index is 328. The molecule has 2 N–H and O–H groups in total. The van der Waals surface area contributed by atoms with Crippen LogP contribution in [0.1, 0.15) is 5.56 Å². The van der Waals surface area contributed by atoms with Crippen molar-refractivity contribution in [3.63, 3.8) is 0 Å². The first-order valence-corrected chi connectivity index (χ1v) is 5.05. The van der Waals surface area contributed by atoms with Crippen molar-refractivity contribution in [2.24, 2.45) is 0 Å². The van der Waals surface area contributed by atoms with Crippen LogP contribution in [0.4, 0.5) is 8.78 Å². The van der Waals surface area contributed by atoms with E-state index in [1.807, 2.05) is 0 Å². The molecule has 0 atom stereocenters. The number of benzene rings is 1. The van der Waals surface area contributed by atoms with Gasteiger partial charge in [-0.15, -0.1) is 0 Å². The van der Waals surface area contributed by atoms with Gasteiger partial charge in [0.2, 0.25) is 0 Å². The number of halogens is 2. The molecule has 5 heteroatoms. The summed E-state index contributed by atoms with van der Waals surface area (Å²) in [6.45, 7) is 1.07. The lowest BCUT2D eigenvalue weighted by molar-refractivity contribution is 0.155. The van der Waals surface area contributed by atoms with Crippen LogP contribution in [0.2, 0.25) is 0 Å². The van der Waals surface area contributed by atoms with Crippen molar-refractivity contribution in [1.29, 1.82) is 0 Å². The van der Waals surface area contributed by atoms with E-state index < -0.39 is 11.6 Å². The van der Waals surface area contributed by atoms with Gasteiger partial charge in [0.25, 0.3) is 0 Å². The number of hydrogen-bond donors (Lipinski definition) is 2. The lowest BCUT2D eigenvalue weighted by Crippen LogP contribution is -2.29. The van der Waals surface area contributed by atoms with Gasteiger partial charge in [0.05, 0.1) is 13.2 Å². The van der Waals surface area contributed by atoms with E-state index in [0.717, 1.165) is 12.1 Å². The number of aliphatic hydroxyl groups excluding tert-OH is 2. The Morgan fingerprint density at radius 1 is 1.00 bits per heavy atom. The smallest absolute Gasteiger partial charge is 0.159 e. The molecule has 0 unspecified atom stereocenters. The molecule has 0 saturated heterocycles. The van der Waals surface area contributed by atoms with Gasteiger partial charge in [-0.2, -0.15) is 0 Å². The van der Waals surface area contributed by atoms with E-state index >= 15 is 0 Å². The largest absolute Gasteiger partial charge is 0.395 e. The zero-order valence-electron chi connectivity index (χ0n) is 8.87. The normalized spacial score (nSPS) is 11.1. The first-order chi connectivity index (χ1) is 7.67. The molecule has 3 nitrogen and oxygen atoms in total. The molecule has 0 aliphatic rings. The maximum atomic E-state index is 12.9. The molecule has 0 fully saturated rings. The first kappa shape index (κ1) is 13.0. The summed E-state index contributed by atoms with van der Waals surface area (Å²) in [5, 5.41) is 17.6. The number of hydrogen-bond acceptors (Lipinski definition) is 3. The van der Waals surface area contributed by atoms with E-state index in [2.05, 4.69) is 0 Å². The minimum absolute atomic E-state index is 0.0380. The van der Waals surface area contributed by atoms with Crippen LogP contribution in [0.3, 0.4) is 0 Å². The second kappa shape index (κ2) is 6.52. The van der Waals surface area contributed by atoms with E-state index in [1.54, 1.807) is 4.90 Å². The molecule has 0 aromatic heterocycles. The van der Waals surface area contributed by atoms with Crippen LogP contribution in [0.15, 0.2) is 18.2 Å². The SMILES string of the molecule is OCCN(CCO)Cc1ccc(F)c(F)c1. The molecule has 0 bridgehead atoms. The van der Waals surface area contributed by atoms with Gasteiger partial charge in [-0.05, 0) is 17.7 Å². The number of aliphatic hydroxyl groups is 2. The second-order valence-electron chi connectivity index (χ2n) is 3.47. The highest BCUT2D eigenvalue weighted by atomic mass is 19.2. The topological polar surface area (TPSA) is 43.7 Å². The highest BCUT2D eigenvalue weighted by Gasteiger charge is 2.07. The average Bonchev–Trinajstić information content (AvgIpc) is 2.24. The maximum Gasteiger partial charge on any atom is 0.159 e. The van der Waals surface area contributed by atoms with Crippen molar-refractivity contribution in [2.75, 3.05) is 26.3 Å². The molecule has 1 rings (SSSR count). The molecular formula is C11H15F2NO2. The summed E-state index contributed by atoms with van der Waals surface area (Å²) in [6, 6.07) is 3.68. The third-order valence-corrected chi connectivity index (χ3v) is 2.22. The van der Waals surface area contributed by atoms with Crippen LogP contribution in [0, 0.1) is 11.6 Å². The number of nitrogens with zero attached hydrogens (tertiary/aromatic N) is 1. The van der Waals surface area contributed by atoms with Crippen molar-refractivity contribution >= 4 is 0 Å². The van der Waals surface area contributed by atoms with E-state index in [-0.39, 0.29) is 13.2 Å².